The lowest BCUT2D eigenvalue weighted by atomic mass is 10.2. The molecule has 0 aliphatic rings. The molecule has 0 heterocycles. The highest BCUT2D eigenvalue weighted by molar-refractivity contribution is 5.66. The summed E-state index contributed by atoms with van der Waals surface area (Å²) in [6.45, 7) is 5.18. The Morgan fingerprint density at radius 1 is 1.54 bits per heavy atom. The molecular formula is C9H16N2O2. The Morgan fingerprint density at radius 2 is 2.15 bits per heavy atom. The lowest BCUT2D eigenvalue weighted by Gasteiger charge is -2.24. The van der Waals surface area contributed by atoms with Crippen LogP contribution in [0.2, 0.25) is 0 Å². The second-order valence-electron chi connectivity index (χ2n) is 3.18. The third kappa shape index (κ3) is 6.12. The monoisotopic (exact) mass is 184 g/mol. The van der Waals surface area contributed by atoms with Crippen LogP contribution in [0.1, 0.15) is 26.7 Å². The predicted octanol–water partition coefficient (Wildman–Crippen LogP) is 1.09. The molecule has 1 N–H and O–H groups in total. The molecule has 0 amide bonds. The van der Waals surface area contributed by atoms with E-state index >= 15 is 0 Å². The summed E-state index contributed by atoms with van der Waals surface area (Å²) in [5, 5.41) is 16.9. The Labute approximate surface area is 78.8 Å². The highest BCUT2D eigenvalue weighted by Gasteiger charge is 2.10. The summed E-state index contributed by atoms with van der Waals surface area (Å²) in [6.07, 6.45) is 0.599. The average Bonchev–Trinajstić information content (AvgIpc) is 2.03. The molecule has 0 aromatic carbocycles. The number of nitrogens with zero attached hydrogens (tertiary/aromatic N) is 2. The van der Waals surface area contributed by atoms with Crippen LogP contribution in [0, 0.1) is 11.3 Å². The van der Waals surface area contributed by atoms with Gasteiger partial charge < -0.3 is 5.11 Å². The molecule has 0 aromatic heterocycles. The van der Waals surface area contributed by atoms with Crippen molar-refractivity contribution in [3.63, 3.8) is 0 Å². The van der Waals surface area contributed by atoms with Gasteiger partial charge in [0.05, 0.1) is 12.5 Å². The van der Waals surface area contributed by atoms with Gasteiger partial charge in [-0.15, -0.1) is 0 Å². The van der Waals surface area contributed by atoms with Crippen LogP contribution in [0.4, 0.5) is 0 Å². The first-order valence-electron chi connectivity index (χ1n) is 4.40. The molecule has 0 bridgehead atoms. The van der Waals surface area contributed by atoms with Crippen molar-refractivity contribution in [3.8, 4) is 6.07 Å². The van der Waals surface area contributed by atoms with Crippen LogP contribution in [0.5, 0.6) is 0 Å². The third-order valence-electron chi connectivity index (χ3n) is 1.85. The molecule has 0 radical (unpaired) electrons. The second kappa shape index (κ2) is 6.44. The Balaban J connectivity index is 3.81. The van der Waals surface area contributed by atoms with Gasteiger partial charge in [0, 0.05) is 25.6 Å². The first kappa shape index (κ1) is 11.9. The van der Waals surface area contributed by atoms with Crippen molar-refractivity contribution >= 4 is 5.97 Å². The average molecular weight is 184 g/mol. The largest absolute Gasteiger partial charge is 0.481 e. The maximum Gasteiger partial charge on any atom is 0.304 e. The Bertz CT molecular complexity index is 196. The fourth-order valence-corrected chi connectivity index (χ4v) is 1.06. The van der Waals surface area contributed by atoms with Crippen molar-refractivity contribution in [1.82, 2.24) is 4.90 Å². The molecule has 0 spiro atoms. The van der Waals surface area contributed by atoms with E-state index in [0.717, 1.165) is 0 Å². The first-order valence-corrected chi connectivity index (χ1v) is 4.40. The smallest absolute Gasteiger partial charge is 0.304 e. The van der Waals surface area contributed by atoms with Gasteiger partial charge in [0.25, 0.3) is 0 Å². The van der Waals surface area contributed by atoms with Crippen molar-refractivity contribution in [2.75, 3.05) is 13.1 Å². The minimum atomic E-state index is -0.789. The molecule has 4 nitrogen and oxygen atoms in total. The van der Waals surface area contributed by atoms with Crippen LogP contribution in [-0.2, 0) is 4.79 Å². The zero-order valence-electron chi connectivity index (χ0n) is 8.16. The van der Waals surface area contributed by atoms with Gasteiger partial charge in [-0.3, -0.25) is 9.69 Å². The van der Waals surface area contributed by atoms with Crippen LogP contribution in [0.3, 0.4) is 0 Å². The zero-order chi connectivity index (χ0) is 10.3. The summed E-state index contributed by atoms with van der Waals surface area (Å²) in [5.41, 5.74) is 0. The molecule has 0 rings (SSSR count). The van der Waals surface area contributed by atoms with Gasteiger partial charge in [0.15, 0.2) is 0 Å². The maximum atomic E-state index is 10.3. The summed E-state index contributed by atoms with van der Waals surface area (Å²) in [6, 6.07) is 2.35. The number of aliphatic carboxylic acids is 1. The van der Waals surface area contributed by atoms with Gasteiger partial charge >= 0.3 is 5.97 Å². The Hall–Kier alpha value is -1.08. The van der Waals surface area contributed by atoms with Gasteiger partial charge in [-0.25, -0.2) is 0 Å². The molecule has 0 fully saturated rings. The molecule has 74 valence electrons. The fourth-order valence-electron chi connectivity index (χ4n) is 1.06. The summed E-state index contributed by atoms with van der Waals surface area (Å²) in [7, 11) is 0. The molecule has 0 unspecified atom stereocenters. The molecule has 4 heteroatoms. The third-order valence-corrected chi connectivity index (χ3v) is 1.85. The van der Waals surface area contributed by atoms with E-state index in [4.69, 9.17) is 10.4 Å². The van der Waals surface area contributed by atoms with E-state index < -0.39 is 5.97 Å². The van der Waals surface area contributed by atoms with Gasteiger partial charge in [-0.05, 0) is 13.8 Å². The van der Waals surface area contributed by atoms with Gasteiger partial charge in [0.1, 0.15) is 0 Å². The van der Waals surface area contributed by atoms with Gasteiger partial charge in [-0.2, -0.15) is 5.26 Å². The van der Waals surface area contributed by atoms with E-state index in [9.17, 15) is 4.79 Å². The zero-order valence-corrected chi connectivity index (χ0v) is 8.16. The maximum absolute atomic E-state index is 10.3. The van der Waals surface area contributed by atoms with Crippen LogP contribution in [0.15, 0.2) is 0 Å². The van der Waals surface area contributed by atoms with Crippen LogP contribution < -0.4 is 0 Å². The number of rotatable bonds is 6. The van der Waals surface area contributed by atoms with Crippen molar-refractivity contribution in [1.29, 1.82) is 5.26 Å². The normalized spacial score (nSPS) is 10.4. The summed E-state index contributed by atoms with van der Waals surface area (Å²) >= 11 is 0. The number of carboxylic acids is 1. The molecule has 0 saturated heterocycles. The standard InChI is InChI=1S/C9H16N2O2/c1-8(2)11(6-3-5-10)7-4-9(12)13/h8H,3-4,6-7H2,1-2H3,(H,12,13). The van der Waals surface area contributed by atoms with Gasteiger partial charge in [-0.1, -0.05) is 0 Å². The van der Waals surface area contributed by atoms with E-state index in [-0.39, 0.29) is 6.42 Å². The molecule has 13 heavy (non-hydrogen) atoms. The van der Waals surface area contributed by atoms with E-state index in [0.29, 0.717) is 25.6 Å². The molecule has 0 aliphatic heterocycles. The number of nitriles is 1. The highest BCUT2D eigenvalue weighted by atomic mass is 16.4. The predicted molar refractivity (Wildman–Crippen MR) is 49.2 cm³/mol. The van der Waals surface area contributed by atoms with E-state index in [1.165, 1.54) is 0 Å². The Kier molecular flexibility index (Phi) is 5.90. The quantitative estimate of drug-likeness (QED) is 0.671. The van der Waals surface area contributed by atoms with E-state index in [2.05, 4.69) is 6.07 Å². The van der Waals surface area contributed by atoms with Crippen molar-refractivity contribution in [3.05, 3.63) is 0 Å². The topological polar surface area (TPSA) is 64.3 Å². The molecule has 0 aliphatic carbocycles. The van der Waals surface area contributed by atoms with Crippen molar-refractivity contribution in [2.45, 2.75) is 32.7 Å². The lowest BCUT2D eigenvalue weighted by Crippen LogP contribution is -2.33. The number of hydrogen-bond acceptors (Lipinski definition) is 3. The first-order chi connectivity index (χ1) is 6.07. The highest BCUT2D eigenvalue weighted by Crippen LogP contribution is 2.00. The Morgan fingerprint density at radius 3 is 2.54 bits per heavy atom. The fraction of sp³-hybridized carbons (Fsp3) is 0.778. The minimum absolute atomic E-state index is 0.142. The van der Waals surface area contributed by atoms with Crippen molar-refractivity contribution < 1.29 is 9.90 Å². The second-order valence-corrected chi connectivity index (χ2v) is 3.18. The molecular weight excluding hydrogens is 168 g/mol. The van der Waals surface area contributed by atoms with Crippen molar-refractivity contribution in [2.24, 2.45) is 0 Å². The molecule has 0 aromatic rings. The van der Waals surface area contributed by atoms with E-state index in [1.54, 1.807) is 0 Å². The van der Waals surface area contributed by atoms with Crippen LogP contribution in [0.25, 0.3) is 0 Å². The van der Waals surface area contributed by atoms with Gasteiger partial charge in [0.2, 0.25) is 0 Å². The summed E-state index contributed by atoms with van der Waals surface area (Å²) in [4.78, 5) is 12.3. The lowest BCUT2D eigenvalue weighted by molar-refractivity contribution is -0.137. The minimum Gasteiger partial charge on any atom is -0.481 e. The number of hydrogen-bond donors (Lipinski definition) is 1. The molecule has 0 saturated carbocycles. The molecule has 0 atom stereocenters. The number of carboxylic acid groups (broad SMARTS) is 1. The summed E-state index contributed by atoms with van der Waals surface area (Å²) in [5.74, 6) is -0.789. The SMILES string of the molecule is CC(C)N(CCC#N)CCC(=O)O. The van der Waals surface area contributed by atoms with Crippen LogP contribution >= 0.6 is 0 Å². The number of carbonyl (C=O) groups is 1. The van der Waals surface area contributed by atoms with Crippen LogP contribution in [-0.4, -0.2) is 35.1 Å². The summed E-state index contributed by atoms with van der Waals surface area (Å²) < 4.78 is 0. The van der Waals surface area contributed by atoms with E-state index in [1.807, 2.05) is 18.7 Å².